The second kappa shape index (κ2) is 9.28. The Bertz CT molecular complexity index is 826. The van der Waals surface area contributed by atoms with Crippen molar-refractivity contribution in [2.45, 2.75) is 56.9 Å². The number of hydrogen-bond acceptors (Lipinski definition) is 5. The van der Waals surface area contributed by atoms with Crippen LogP contribution in [0.5, 0.6) is 5.75 Å². The van der Waals surface area contributed by atoms with E-state index in [9.17, 15) is 4.79 Å². The molecule has 0 spiro atoms. The van der Waals surface area contributed by atoms with Gasteiger partial charge in [0.2, 0.25) is 5.91 Å². The molecule has 150 valence electrons. The Morgan fingerprint density at radius 3 is 2.68 bits per heavy atom. The highest BCUT2D eigenvalue weighted by molar-refractivity contribution is 7.99. The van der Waals surface area contributed by atoms with E-state index in [0.29, 0.717) is 35.4 Å². The molecular weight excluding hydrogens is 372 g/mol. The van der Waals surface area contributed by atoms with E-state index in [-0.39, 0.29) is 5.91 Å². The van der Waals surface area contributed by atoms with Gasteiger partial charge in [0.05, 0.1) is 18.4 Å². The first-order valence-electron chi connectivity index (χ1n) is 9.68. The number of para-hydroxylation sites is 1. The highest BCUT2D eigenvalue weighted by atomic mass is 32.2. The summed E-state index contributed by atoms with van der Waals surface area (Å²) in [6.45, 7) is 8.69. The van der Waals surface area contributed by atoms with E-state index in [0.717, 1.165) is 24.2 Å². The monoisotopic (exact) mass is 400 g/mol. The van der Waals surface area contributed by atoms with Crippen LogP contribution in [-0.4, -0.2) is 50.5 Å². The zero-order chi connectivity index (χ0) is 20.1. The van der Waals surface area contributed by atoms with Crippen LogP contribution in [0.3, 0.4) is 0 Å². The van der Waals surface area contributed by atoms with Crippen LogP contribution in [0.15, 0.2) is 42.1 Å². The number of piperidine rings is 1. The summed E-state index contributed by atoms with van der Waals surface area (Å²) in [6.07, 6.45) is 5.15. The fourth-order valence-electron chi connectivity index (χ4n) is 3.83. The highest BCUT2D eigenvalue weighted by Gasteiger charge is 2.29. The summed E-state index contributed by atoms with van der Waals surface area (Å²) in [7, 11) is 1.64. The molecule has 1 fully saturated rings. The summed E-state index contributed by atoms with van der Waals surface area (Å²) in [5, 5.41) is 9.43. The van der Waals surface area contributed by atoms with Crippen LogP contribution in [0.4, 0.5) is 0 Å². The summed E-state index contributed by atoms with van der Waals surface area (Å²) < 4.78 is 7.45. The summed E-state index contributed by atoms with van der Waals surface area (Å²) in [4.78, 5) is 14.9. The van der Waals surface area contributed by atoms with Gasteiger partial charge in [-0.15, -0.1) is 16.8 Å². The topological polar surface area (TPSA) is 60.2 Å². The lowest BCUT2D eigenvalue weighted by atomic mass is 9.98. The zero-order valence-corrected chi connectivity index (χ0v) is 17.6. The van der Waals surface area contributed by atoms with Gasteiger partial charge in [0.25, 0.3) is 0 Å². The number of benzene rings is 1. The van der Waals surface area contributed by atoms with Crippen molar-refractivity contribution in [2.75, 3.05) is 12.9 Å². The van der Waals surface area contributed by atoms with Crippen molar-refractivity contribution in [3.8, 4) is 17.1 Å². The number of likely N-dealkylation sites (tertiary alicyclic amines) is 1. The Balaban J connectivity index is 1.80. The molecule has 0 aliphatic carbocycles. The van der Waals surface area contributed by atoms with Crippen molar-refractivity contribution in [2.24, 2.45) is 0 Å². The molecule has 1 amide bonds. The molecule has 1 aromatic heterocycles. The molecule has 0 N–H and O–H groups in total. The smallest absolute Gasteiger partial charge is 0.233 e. The molecule has 7 heteroatoms. The molecule has 1 saturated heterocycles. The molecule has 0 bridgehead atoms. The highest BCUT2D eigenvalue weighted by Crippen LogP contribution is 2.31. The van der Waals surface area contributed by atoms with Gasteiger partial charge < -0.3 is 9.64 Å². The third kappa shape index (κ3) is 4.24. The minimum absolute atomic E-state index is 0.164. The van der Waals surface area contributed by atoms with Crippen LogP contribution in [-0.2, 0) is 11.3 Å². The Kier molecular flexibility index (Phi) is 6.78. The predicted molar refractivity (Wildman–Crippen MR) is 113 cm³/mol. The van der Waals surface area contributed by atoms with E-state index in [4.69, 9.17) is 4.74 Å². The van der Waals surface area contributed by atoms with E-state index >= 15 is 0 Å². The first kappa shape index (κ1) is 20.5. The Morgan fingerprint density at radius 1 is 1.29 bits per heavy atom. The summed E-state index contributed by atoms with van der Waals surface area (Å²) in [6, 6.07) is 8.32. The number of rotatable bonds is 7. The summed E-state index contributed by atoms with van der Waals surface area (Å²) >= 11 is 1.43. The van der Waals surface area contributed by atoms with Gasteiger partial charge in [-0.2, -0.15) is 0 Å². The lowest BCUT2D eigenvalue weighted by Crippen LogP contribution is -2.48. The number of ether oxygens (including phenoxy) is 1. The number of methoxy groups -OCH3 is 1. The molecule has 2 aromatic rings. The number of nitrogens with zero attached hydrogens (tertiary/aromatic N) is 4. The largest absolute Gasteiger partial charge is 0.496 e. The fourth-order valence-corrected chi connectivity index (χ4v) is 4.65. The minimum Gasteiger partial charge on any atom is -0.496 e. The lowest BCUT2D eigenvalue weighted by Gasteiger charge is -2.39. The van der Waals surface area contributed by atoms with E-state index in [1.165, 1.54) is 18.2 Å². The van der Waals surface area contributed by atoms with Crippen LogP contribution >= 0.6 is 11.8 Å². The number of amides is 1. The third-order valence-corrected chi connectivity index (χ3v) is 6.13. The fraction of sp³-hybridized carbons (Fsp3) is 0.476. The molecule has 6 nitrogen and oxygen atoms in total. The summed E-state index contributed by atoms with van der Waals surface area (Å²) in [5.41, 5.74) is 0.871. The van der Waals surface area contributed by atoms with Crippen molar-refractivity contribution in [1.29, 1.82) is 0 Å². The Morgan fingerprint density at radius 2 is 2.00 bits per heavy atom. The summed E-state index contributed by atoms with van der Waals surface area (Å²) in [5.74, 6) is 1.98. The van der Waals surface area contributed by atoms with Crippen LogP contribution in [0, 0.1) is 0 Å². The number of hydrogen-bond donors (Lipinski definition) is 0. The maximum atomic E-state index is 12.8. The number of carbonyl (C=O) groups excluding carboxylic acids is 1. The number of aromatic nitrogens is 3. The van der Waals surface area contributed by atoms with Crippen LogP contribution in [0.2, 0.25) is 0 Å². The number of allylic oxidation sites excluding steroid dienone is 1. The van der Waals surface area contributed by atoms with Crippen molar-refractivity contribution in [3.05, 3.63) is 36.9 Å². The molecule has 2 atom stereocenters. The Labute approximate surface area is 171 Å². The number of thioether (sulfide) groups is 1. The van der Waals surface area contributed by atoms with Crippen LogP contribution in [0.1, 0.15) is 33.1 Å². The molecule has 3 rings (SSSR count). The predicted octanol–water partition coefficient (Wildman–Crippen LogP) is 4.02. The molecule has 1 aromatic carbocycles. The first-order chi connectivity index (χ1) is 13.6. The van der Waals surface area contributed by atoms with Gasteiger partial charge in [0.1, 0.15) is 5.75 Å². The lowest BCUT2D eigenvalue weighted by molar-refractivity contribution is -0.134. The van der Waals surface area contributed by atoms with E-state index in [1.807, 2.05) is 39.8 Å². The third-order valence-electron chi connectivity index (χ3n) is 5.18. The standard InChI is InChI=1S/C21H28N4O2S/c1-5-13-24-20(17-11-6-7-12-18(17)27-4)22-23-21(24)28-14-19(26)25-15(2)9-8-10-16(25)3/h5-7,11-12,15-16H,1,8-10,13-14H2,2-4H3. The average molecular weight is 401 g/mol. The first-order valence-corrected chi connectivity index (χ1v) is 10.7. The molecular formula is C21H28N4O2S. The SMILES string of the molecule is C=CCn1c(SCC(=O)N2C(C)CCCC2C)nnc1-c1ccccc1OC. The quantitative estimate of drug-likeness (QED) is 0.519. The van der Waals surface area contributed by atoms with Crippen LogP contribution in [0.25, 0.3) is 11.4 Å². The average Bonchev–Trinajstić information content (AvgIpc) is 3.09. The van der Waals surface area contributed by atoms with Gasteiger partial charge in [0, 0.05) is 18.6 Å². The molecule has 2 unspecified atom stereocenters. The zero-order valence-electron chi connectivity index (χ0n) is 16.8. The molecule has 2 heterocycles. The second-order valence-corrected chi connectivity index (χ2v) is 8.07. The molecule has 0 saturated carbocycles. The maximum absolute atomic E-state index is 12.8. The van der Waals surface area contributed by atoms with Crippen molar-refractivity contribution < 1.29 is 9.53 Å². The van der Waals surface area contributed by atoms with Crippen molar-refractivity contribution >= 4 is 17.7 Å². The molecule has 1 aliphatic rings. The van der Waals surface area contributed by atoms with E-state index < -0.39 is 0 Å². The van der Waals surface area contributed by atoms with E-state index in [2.05, 4.69) is 30.6 Å². The van der Waals surface area contributed by atoms with E-state index in [1.54, 1.807) is 7.11 Å². The van der Waals surface area contributed by atoms with Gasteiger partial charge >= 0.3 is 0 Å². The van der Waals surface area contributed by atoms with Gasteiger partial charge in [-0.3, -0.25) is 9.36 Å². The molecule has 28 heavy (non-hydrogen) atoms. The molecule has 1 aliphatic heterocycles. The second-order valence-electron chi connectivity index (χ2n) is 7.12. The van der Waals surface area contributed by atoms with Gasteiger partial charge in [-0.1, -0.05) is 30.0 Å². The number of carbonyl (C=O) groups is 1. The minimum atomic E-state index is 0.164. The van der Waals surface area contributed by atoms with Gasteiger partial charge in [-0.25, -0.2) is 0 Å². The van der Waals surface area contributed by atoms with Gasteiger partial charge in [-0.05, 0) is 45.2 Å². The van der Waals surface area contributed by atoms with Crippen molar-refractivity contribution in [3.63, 3.8) is 0 Å². The molecule has 0 radical (unpaired) electrons. The Hall–Kier alpha value is -2.28. The normalized spacial score (nSPS) is 19.5. The maximum Gasteiger partial charge on any atom is 0.233 e. The van der Waals surface area contributed by atoms with Crippen molar-refractivity contribution in [1.82, 2.24) is 19.7 Å². The van der Waals surface area contributed by atoms with Gasteiger partial charge in [0.15, 0.2) is 11.0 Å². The van der Waals surface area contributed by atoms with Crippen LogP contribution < -0.4 is 4.74 Å².